The fraction of sp³-hybridized carbons (Fsp3) is 0.167. The normalized spacial score (nSPS) is 20.2. The first-order chi connectivity index (χ1) is 11.8. The van der Waals surface area contributed by atoms with Crippen LogP contribution in [0, 0.1) is 0 Å². The largest absolute Gasteiger partial charge is 0.467 e. The van der Waals surface area contributed by atoms with E-state index in [1.165, 1.54) is 0 Å². The molecule has 2 atom stereocenters. The number of aromatic nitrogens is 2. The van der Waals surface area contributed by atoms with Crippen molar-refractivity contribution >= 4 is 17.3 Å². The Bertz CT molecular complexity index is 808. The maximum atomic E-state index is 5.70. The minimum absolute atomic E-state index is 0.0615. The highest BCUT2D eigenvalue weighted by Crippen LogP contribution is 2.39. The fourth-order valence-electron chi connectivity index (χ4n) is 3.01. The second kappa shape index (κ2) is 6.41. The van der Waals surface area contributed by atoms with Crippen LogP contribution >= 0.6 is 12.2 Å². The van der Waals surface area contributed by atoms with E-state index in [1.807, 2.05) is 48.5 Å². The second-order valence-electron chi connectivity index (χ2n) is 5.59. The Balaban J connectivity index is 1.71. The number of pyridine rings is 2. The molecular weight excluding hydrogens is 320 g/mol. The number of rotatable bonds is 4. The molecule has 6 heteroatoms. The molecule has 3 aromatic heterocycles. The van der Waals surface area contributed by atoms with E-state index in [1.54, 1.807) is 18.7 Å². The van der Waals surface area contributed by atoms with Gasteiger partial charge in [-0.2, -0.15) is 0 Å². The molecule has 120 valence electrons. The molecule has 1 saturated heterocycles. The van der Waals surface area contributed by atoms with Crippen molar-refractivity contribution in [2.75, 3.05) is 0 Å². The lowest BCUT2D eigenvalue weighted by molar-refractivity contribution is 0.265. The molecule has 3 aromatic rings. The summed E-state index contributed by atoms with van der Waals surface area (Å²) in [7, 11) is 0. The van der Waals surface area contributed by atoms with E-state index in [0.717, 1.165) is 17.1 Å². The van der Waals surface area contributed by atoms with E-state index in [-0.39, 0.29) is 12.1 Å². The quantitative estimate of drug-likeness (QED) is 0.738. The number of furan rings is 1. The van der Waals surface area contributed by atoms with Crippen LogP contribution in [0.2, 0.25) is 0 Å². The predicted octanol–water partition coefficient (Wildman–Crippen LogP) is 3.24. The molecule has 0 amide bonds. The summed E-state index contributed by atoms with van der Waals surface area (Å²) in [4.78, 5) is 11.0. The summed E-state index contributed by atoms with van der Waals surface area (Å²) in [6.45, 7) is 0.612. The highest BCUT2D eigenvalue weighted by atomic mass is 32.1. The minimum atomic E-state index is -0.0654. The van der Waals surface area contributed by atoms with Crippen LogP contribution in [0.1, 0.15) is 29.2 Å². The molecule has 0 aliphatic carbocycles. The summed E-state index contributed by atoms with van der Waals surface area (Å²) >= 11 is 5.59. The van der Waals surface area contributed by atoms with Crippen LogP contribution < -0.4 is 5.32 Å². The van der Waals surface area contributed by atoms with Crippen LogP contribution in [0.15, 0.2) is 71.6 Å². The maximum absolute atomic E-state index is 5.70. The van der Waals surface area contributed by atoms with Crippen LogP contribution in [0.25, 0.3) is 0 Å². The Morgan fingerprint density at radius 3 is 2.54 bits per heavy atom. The number of hydrogen-bond donors (Lipinski definition) is 1. The molecule has 5 nitrogen and oxygen atoms in total. The zero-order valence-corrected chi connectivity index (χ0v) is 13.7. The van der Waals surface area contributed by atoms with Crippen molar-refractivity contribution in [1.82, 2.24) is 20.2 Å². The van der Waals surface area contributed by atoms with Gasteiger partial charge in [0.05, 0.1) is 30.2 Å². The van der Waals surface area contributed by atoms with E-state index in [4.69, 9.17) is 16.6 Å². The molecule has 24 heavy (non-hydrogen) atoms. The van der Waals surface area contributed by atoms with Gasteiger partial charge in [0, 0.05) is 12.4 Å². The van der Waals surface area contributed by atoms with Crippen molar-refractivity contribution in [3.05, 3.63) is 84.3 Å². The van der Waals surface area contributed by atoms with Crippen LogP contribution in [-0.2, 0) is 6.54 Å². The van der Waals surface area contributed by atoms with Crippen molar-refractivity contribution in [3.63, 3.8) is 0 Å². The predicted molar refractivity (Wildman–Crippen MR) is 93.9 cm³/mol. The minimum Gasteiger partial charge on any atom is -0.467 e. The van der Waals surface area contributed by atoms with Crippen molar-refractivity contribution in [3.8, 4) is 0 Å². The lowest BCUT2D eigenvalue weighted by Crippen LogP contribution is -2.29. The fourth-order valence-corrected chi connectivity index (χ4v) is 3.32. The SMILES string of the molecule is S=C1N[C@@H](c2ccccn2)[C@@H](c2ccco2)N1Cc1ccccn1. The van der Waals surface area contributed by atoms with Crippen LogP contribution in [0.3, 0.4) is 0 Å². The molecule has 1 N–H and O–H groups in total. The summed E-state index contributed by atoms with van der Waals surface area (Å²) < 4.78 is 5.70. The molecule has 1 aliphatic rings. The molecular formula is C18H16N4OS. The van der Waals surface area contributed by atoms with E-state index in [2.05, 4.69) is 20.2 Å². The summed E-state index contributed by atoms with van der Waals surface area (Å²) in [5, 5.41) is 4.06. The lowest BCUT2D eigenvalue weighted by atomic mass is 10.0. The van der Waals surface area contributed by atoms with Crippen LogP contribution in [-0.4, -0.2) is 20.0 Å². The summed E-state index contributed by atoms with van der Waals surface area (Å²) in [6, 6.07) is 15.5. The van der Waals surface area contributed by atoms with Gasteiger partial charge in [0.2, 0.25) is 0 Å². The molecule has 4 heterocycles. The molecule has 0 saturated carbocycles. The van der Waals surface area contributed by atoms with E-state index in [9.17, 15) is 0 Å². The van der Waals surface area contributed by atoms with Gasteiger partial charge < -0.3 is 14.6 Å². The molecule has 0 unspecified atom stereocenters. The summed E-state index contributed by atoms with van der Waals surface area (Å²) in [5.74, 6) is 0.855. The highest BCUT2D eigenvalue weighted by Gasteiger charge is 2.41. The standard InChI is InChI=1S/C18H16N4OS/c24-18-21-16(14-7-2-4-10-20-14)17(15-8-5-11-23-15)22(18)12-13-6-1-3-9-19-13/h1-11,16-17H,12H2,(H,21,24)/t16-,17+/m0/s1. The lowest BCUT2D eigenvalue weighted by Gasteiger charge is -2.25. The number of nitrogens with one attached hydrogen (secondary N) is 1. The maximum Gasteiger partial charge on any atom is 0.170 e. The van der Waals surface area contributed by atoms with Crippen LogP contribution in [0.4, 0.5) is 0 Å². The second-order valence-corrected chi connectivity index (χ2v) is 5.98. The van der Waals surface area contributed by atoms with Gasteiger partial charge in [-0.3, -0.25) is 9.97 Å². The first-order valence-corrected chi connectivity index (χ1v) is 8.15. The highest BCUT2D eigenvalue weighted by molar-refractivity contribution is 7.80. The number of nitrogens with zero attached hydrogens (tertiary/aromatic N) is 3. The summed E-state index contributed by atoms with van der Waals surface area (Å²) in [6.07, 6.45) is 5.27. The Hall–Kier alpha value is -2.73. The Labute approximate surface area is 145 Å². The van der Waals surface area contributed by atoms with Gasteiger partial charge in [0.25, 0.3) is 0 Å². The average Bonchev–Trinajstić information content (AvgIpc) is 3.25. The van der Waals surface area contributed by atoms with Crippen molar-refractivity contribution in [2.24, 2.45) is 0 Å². The van der Waals surface area contributed by atoms with Gasteiger partial charge in [-0.25, -0.2) is 0 Å². The molecule has 1 fully saturated rings. The van der Waals surface area contributed by atoms with Crippen molar-refractivity contribution < 1.29 is 4.42 Å². The average molecular weight is 336 g/mol. The monoisotopic (exact) mass is 336 g/mol. The molecule has 0 bridgehead atoms. The number of hydrogen-bond acceptors (Lipinski definition) is 4. The Kier molecular flexibility index (Phi) is 3.96. The Morgan fingerprint density at radius 1 is 1.04 bits per heavy atom. The van der Waals surface area contributed by atoms with E-state index >= 15 is 0 Å². The van der Waals surface area contributed by atoms with E-state index < -0.39 is 0 Å². The molecule has 0 aromatic carbocycles. The smallest absolute Gasteiger partial charge is 0.170 e. The first kappa shape index (κ1) is 14.8. The third-order valence-electron chi connectivity index (χ3n) is 4.09. The van der Waals surface area contributed by atoms with Gasteiger partial charge in [-0.1, -0.05) is 12.1 Å². The molecule has 4 rings (SSSR count). The topological polar surface area (TPSA) is 54.2 Å². The van der Waals surface area contributed by atoms with Crippen LogP contribution in [0.5, 0.6) is 0 Å². The van der Waals surface area contributed by atoms with Gasteiger partial charge in [0.1, 0.15) is 11.8 Å². The zero-order chi connectivity index (χ0) is 16.4. The Morgan fingerprint density at radius 2 is 1.88 bits per heavy atom. The van der Waals surface area contributed by atoms with Gasteiger partial charge >= 0.3 is 0 Å². The van der Waals surface area contributed by atoms with E-state index in [0.29, 0.717) is 11.7 Å². The van der Waals surface area contributed by atoms with Gasteiger partial charge in [-0.05, 0) is 48.6 Å². The molecule has 1 aliphatic heterocycles. The zero-order valence-electron chi connectivity index (χ0n) is 12.9. The van der Waals surface area contributed by atoms with Crippen molar-refractivity contribution in [1.29, 1.82) is 0 Å². The first-order valence-electron chi connectivity index (χ1n) is 7.74. The molecule has 0 radical (unpaired) electrons. The third-order valence-corrected chi connectivity index (χ3v) is 4.44. The van der Waals surface area contributed by atoms with Gasteiger partial charge in [-0.15, -0.1) is 0 Å². The van der Waals surface area contributed by atoms with Crippen molar-refractivity contribution in [2.45, 2.75) is 18.6 Å². The number of thiocarbonyl (C=S) groups is 1. The van der Waals surface area contributed by atoms with Gasteiger partial charge in [0.15, 0.2) is 5.11 Å². The molecule has 0 spiro atoms. The summed E-state index contributed by atoms with van der Waals surface area (Å²) in [5.41, 5.74) is 1.89. The third kappa shape index (κ3) is 2.76.